The molecule has 176 valence electrons. The van der Waals surface area contributed by atoms with Crippen LogP contribution in [0, 0.1) is 6.92 Å². The molecule has 1 atom stereocenters. The van der Waals surface area contributed by atoms with Crippen molar-refractivity contribution in [1.82, 2.24) is 25.0 Å². The maximum Gasteiger partial charge on any atom is 0.272 e. The van der Waals surface area contributed by atoms with Crippen molar-refractivity contribution in [1.29, 1.82) is 0 Å². The number of aryl methyl sites for hydroxylation is 1. The van der Waals surface area contributed by atoms with Gasteiger partial charge in [-0.15, -0.1) is 5.10 Å². The van der Waals surface area contributed by atoms with E-state index in [4.69, 9.17) is 9.47 Å². The highest BCUT2D eigenvalue weighted by Gasteiger charge is 2.33. The molecule has 35 heavy (non-hydrogen) atoms. The largest absolute Gasteiger partial charge is 0.497 e. The summed E-state index contributed by atoms with van der Waals surface area (Å²) in [6, 6.07) is 15.3. The monoisotopic (exact) mass is 468 g/mol. The third-order valence-electron chi connectivity index (χ3n) is 5.88. The number of anilines is 1. The molecule has 0 unspecified atom stereocenters. The fourth-order valence-electron chi connectivity index (χ4n) is 4.21. The molecule has 1 aliphatic rings. The van der Waals surface area contributed by atoms with Gasteiger partial charge in [0.15, 0.2) is 0 Å². The van der Waals surface area contributed by atoms with Crippen LogP contribution in [0.2, 0.25) is 0 Å². The van der Waals surface area contributed by atoms with Crippen molar-refractivity contribution in [3.8, 4) is 28.7 Å². The van der Waals surface area contributed by atoms with Crippen molar-refractivity contribution in [3.05, 3.63) is 84.2 Å². The van der Waals surface area contributed by atoms with Crippen molar-refractivity contribution in [2.24, 2.45) is 0 Å². The van der Waals surface area contributed by atoms with Crippen LogP contribution in [-0.4, -0.2) is 44.6 Å². The summed E-state index contributed by atoms with van der Waals surface area (Å²) in [6.07, 6.45) is 3.60. The van der Waals surface area contributed by atoms with Gasteiger partial charge in [0, 0.05) is 23.5 Å². The topological polar surface area (TPSA) is 104 Å². The smallest absolute Gasteiger partial charge is 0.272 e. The van der Waals surface area contributed by atoms with Crippen molar-refractivity contribution in [3.63, 3.8) is 0 Å². The van der Waals surface area contributed by atoms with E-state index in [1.165, 1.54) is 0 Å². The predicted octanol–water partition coefficient (Wildman–Crippen LogP) is 4.08. The predicted molar refractivity (Wildman–Crippen MR) is 131 cm³/mol. The molecule has 2 aromatic heterocycles. The number of rotatable bonds is 7. The first kappa shape index (κ1) is 22.3. The van der Waals surface area contributed by atoms with E-state index in [0.717, 1.165) is 33.9 Å². The minimum atomic E-state index is -0.154. The molecule has 1 amide bonds. The van der Waals surface area contributed by atoms with Crippen molar-refractivity contribution in [2.75, 3.05) is 19.0 Å². The zero-order valence-electron chi connectivity index (χ0n) is 19.4. The van der Waals surface area contributed by atoms with Gasteiger partial charge in [-0.1, -0.05) is 24.8 Å². The number of nitrogens with zero attached hydrogens (tertiary/aromatic N) is 5. The Kier molecular flexibility index (Phi) is 5.97. The lowest BCUT2D eigenvalue weighted by molar-refractivity contribution is -0.116. The Morgan fingerprint density at radius 1 is 1.14 bits per heavy atom. The number of methoxy groups -OCH3 is 1. The quantitative estimate of drug-likeness (QED) is 0.408. The van der Waals surface area contributed by atoms with Gasteiger partial charge < -0.3 is 14.8 Å². The SMILES string of the molecule is C=CCOc1ccc([C@@H]2CC(=O)Nc3c2c(C)nn3-c2nncc(-c3ccc(OC)cc3)n2)cc1. The number of benzene rings is 2. The van der Waals surface area contributed by atoms with Crippen LogP contribution in [0.4, 0.5) is 5.82 Å². The normalized spacial score (nSPS) is 14.7. The molecule has 9 nitrogen and oxygen atoms in total. The Balaban J connectivity index is 1.52. The van der Waals surface area contributed by atoms with E-state index in [9.17, 15) is 4.79 Å². The molecule has 9 heteroatoms. The second kappa shape index (κ2) is 9.38. The second-order valence-electron chi connectivity index (χ2n) is 8.10. The van der Waals surface area contributed by atoms with Crippen LogP contribution < -0.4 is 14.8 Å². The summed E-state index contributed by atoms with van der Waals surface area (Å²) in [6.45, 7) is 6.02. The maximum absolute atomic E-state index is 12.7. The summed E-state index contributed by atoms with van der Waals surface area (Å²) >= 11 is 0. The molecule has 2 aromatic carbocycles. The highest BCUT2D eigenvalue weighted by atomic mass is 16.5. The van der Waals surface area contributed by atoms with Crippen molar-refractivity contribution < 1.29 is 14.3 Å². The van der Waals surface area contributed by atoms with Crippen molar-refractivity contribution in [2.45, 2.75) is 19.3 Å². The lowest BCUT2D eigenvalue weighted by atomic mass is 9.86. The Hall–Kier alpha value is -4.53. The fourth-order valence-corrected chi connectivity index (χ4v) is 4.21. The van der Waals surface area contributed by atoms with Gasteiger partial charge in [0.25, 0.3) is 5.95 Å². The van der Waals surface area contributed by atoms with E-state index in [-0.39, 0.29) is 17.8 Å². The minimum absolute atomic E-state index is 0.102. The Morgan fingerprint density at radius 3 is 2.60 bits per heavy atom. The molecule has 0 radical (unpaired) electrons. The van der Waals surface area contributed by atoms with Crippen molar-refractivity contribution >= 4 is 11.7 Å². The van der Waals surface area contributed by atoms with E-state index in [1.54, 1.807) is 24.1 Å². The summed E-state index contributed by atoms with van der Waals surface area (Å²) in [7, 11) is 1.62. The summed E-state index contributed by atoms with van der Waals surface area (Å²) in [5, 5.41) is 16.0. The summed E-state index contributed by atoms with van der Waals surface area (Å²) in [5.74, 6) is 2.08. The molecule has 1 N–H and O–H groups in total. The van der Waals surface area contributed by atoms with E-state index in [1.807, 2.05) is 55.5 Å². The molecular weight excluding hydrogens is 444 g/mol. The Morgan fingerprint density at radius 2 is 1.89 bits per heavy atom. The highest BCUT2D eigenvalue weighted by molar-refractivity contribution is 5.95. The molecule has 0 aliphatic carbocycles. The zero-order valence-corrected chi connectivity index (χ0v) is 19.4. The van der Waals surface area contributed by atoms with E-state index < -0.39 is 0 Å². The number of fused-ring (bicyclic) bond motifs is 1. The first-order valence-corrected chi connectivity index (χ1v) is 11.1. The molecule has 0 spiro atoms. The lowest BCUT2D eigenvalue weighted by Crippen LogP contribution is -2.25. The van der Waals surface area contributed by atoms with Crippen LogP contribution in [0.15, 0.2) is 67.4 Å². The molecule has 5 rings (SSSR count). The lowest BCUT2D eigenvalue weighted by Gasteiger charge is -2.24. The number of carbonyl (C=O) groups is 1. The van der Waals surface area contributed by atoms with Gasteiger partial charge >= 0.3 is 0 Å². The third-order valence-corrected chi connectivity index (χ3v) is 5.88. The molecule has 0 saturated heterocycles. The van der Waals surface area contributed by atoms with E-state index >= 15 is 0 Å². The number of amides is 1. The Labute approximate surface area is 202 Å². The number of hydrogen-bond acceptors (Lipinski definition) is 7. The van der Waals surface area contributed by atoms with Crippen LogP contribution in [0.25, 0.3) is 17.2 Å². The minimum Gasteiger partial charge on any atom is -0.497 e. The first-order chi connectivity index (χ1) is 17.1. The fraction of sp³-hybridized carbons (Fsp3) is 0.192. The Bertz CT molecular complexity index is 1380. The molecule has 4 aromatic rings. The van der Waals surface area contributed by atoms with Gasteiger partial charge in [-0.3, -0.25) is 4.79 Å². The van der Waals surface area contributed by atoms with Crippen LogP contribution in [0.5, 0.6) is 11.5 Å². The molecule has 0 saturated carbocycles. The second-order valence-corrected chi connectivity index (χ2v) is 8.10. The summed E-state index contributed by atoms with van der Waals surface area (Å²) in [5.41, 5.74) is 4.22. The molecule has 0 bridgehead atoms. The molecule has 1 aliphatic heterocycles. The van der Waals surface area contributed by atoms with E-state index in [0.29, 0.717) is 24.5 Å². The van der Waals surface area contributed by atoms with Crippen LogP contribution in [-0.2, 0) is 4.79 Å². The van der Waals surface area contributed by atoms with Crippen LogP contribution in [0.1, 0.15) is 29.2 Å². The standard InChI is InChI=1S/C26H24N6O3/c1-4-13-35-20-11-5-17(6-12-20)21-14-23(33)29-25-24(21)16(2)31-32(25)26-28-22(15-27-30-26)18-7-9-19(34-3)10-8-18/h4-12,15,21H,1,13-14H2,2-3H3,(H,29,33)/t21-/m0/s1. The summed E-state index contributed by atoms with van der Waals surface area (Å²) in [4.78, 5) is 17.4. The van der Waals surface area contributed by atoms with E-state index in [2.05, 4.69) is 32.2 Å². The van der Waals surface area contributed by atoms with Gasteiger partial charge in [-0.05, 0) is 48.9 Å². The number of ether oxygens (including phenoxy) is 2. The number of aromatic nitrogens is 5. The number of carbonyl (C=O) groups excluding carboxylic acids is 1. The number of nitrogens with one attached hydrogen (secondary N) is 1. The third kappa shape index (κ3) is 4.35. The average molecular weight is 469 g/mol. The van der Waals surface area contributed by atoms with Gasteiger partial charge in [-0.2, -0.15) is 14.9 Å². The maximum atomic E-state index is 12.7. The zero-order chi connectivity index (χ0) is 24.4. The van der Waals surface area contributed by atoms with Gasteiger partial charge in [0.1, 0.15) is 23.9 Å². The van der Waals surface area contributed by atoms with Gasteiger partial charge in [0.05, 0.1) is 24.7 Å². The highest BCUT2D eigenvalue weighted by Crippen LogP contribution is 2.40. The average Bonchev–Trinajstić information content (AvgIpc) is 3.23. The summed E-state index contributed by atoms with van der Waals surface area (Å²) < 4.78 is 12.4. The van der Waals surface area contributed by atoms with Gasteiger partial charge in [0.2, 0.25) is 5.91 Å². The molecule has 3 heterocycles. The molecule has 0 fully saturated rings. The van der Waals surface area contributed by atoms with Crippen LogP contribution >= 0.6 is 0 Å². The number of hydrogen-bond donors (Lipinski definition) is 1. The van der Waals surface area contributed by atoms with Crippen LogP contribution in [0.3, 0.4) is 0 Å². The molecular formula is C26H24N6O3. The van der Waals surface area contributed by atoms with Gasteiger partial charge in [-0.25, -0.2) is 4.98 Å². The first-order valence-electron chi connectivity index (χ1n) is 11.1.